The van der Waals surface area contributed by atoms with Crippen molar-refractivity contribution in [2.24, 2.45) is 5.84 Å². The Balaban J connectivity index is 2.31. The van der Waals surface area contributed by atoms with E-state index in [2.05, 4.69) is 37.3 Å². The monoisotopic (exact) mass is 400 g/mol. The largest absolute Gasteiger partial charge is 0.271 e. The highest BCUT2D eigenvalue weighted by atomic mass is 79.9. The van der Waals surface area contributed by atoms with E-state index in [0.29, 0.717) is 6.42 Å². The average molecular weight is 402 g/mol. The molecule has 0 fully saturated rings. The third kappa shape index (κ3) is 3.88. The number of hydrogen-bond acceptors (Lipinski definition) is 2. The molecule has 0 aliphatic carbocycles. The summed E-state index contributed by atoms with van der Waals surface area (Å²) in [6, 6.07) is 10.9. The van der Waals surface area contributed by atoms with E-state index in [0.717, 1.165) is 25.6 Å². The lowest BCUT2D eigenvalue weighted by molar-refractivity contribution is 0.545. The molecule has 0 aliphatic rings. The lowest BCUT2D eigenvalue weighted by Gasteiger charge is -2.19. The minimum Gasteiger partial charge on any atom is -0.271 e. The molecule has 20 heavy (non-hydrogen) atoms. The summed E-state index contributed by atoms with van der Waals surface area (Å²) in [7, 11) is 0. The molecule has 106 valence electrons. The molecule has 0 amide bonds. The van der Waals surface area contributed by atoms with E-state index < -0.39 is 0 Å². The van der Waals surface area contributed by atoms with Crippen LogP contribution in [0, 0.1) is 12.7 Å². The summed E-state index contributed by atoms with van der Waals surface area (Å²) in [6.45, 7) is 2.04. The van der Waals surface area contributed by atoms with Crippen molar-refractivity contribution < 1.29 is 4.39 Å². The number of benzene rings is 2. The van der Waals surface area contributed by atoms with E-state index in [1.54, 1.807) is 0 Å². The van der Waals surface area contributed by atoms with Gasteiger partial charge in [0.05, 0.1) is 6.04 Å². The Morgan fingerprint density at radius 1 is 1.15 bits per heavy atom. The maximum Gasteiger partial charge on any atom is 0.124 e. The van der Waals surface area contributed by atoms with Gasteiger partial charge in [-0.25, -0.2) is 4.39 Å². The smallest absolute Gasteiger partial charge is 0.124 e. The second-order valence-electron chi connectivity index (χ2n) is 4.70. The van der Waals surface area contributed by atoms with Gasteiger partial charge in [-0.3, -0.25) is 11.3 Å². The number of nitrogens with one attached hydrogen (secondary N) is 1. The van der Waals surface area contributed by atoms with Gasteiger partial charge in [-0.15, -0.1) is 0 Å². The molecule has 1 atom stereocenters. The summed E-state index contributed by atoms with van der Waals surface area (Å²) >= 11 is 6.77. The van der Waals surface area contributed by atoms with Crippen LogP contribution in [0.1, 0.15) is 22.7 Å². The summed E-state index contributed by atoms with van der Waals surface area (Å²) in [4.78, 5) is 0. The van der Waals surface area contributed by atoms with Crippen LogP contribution in [0.2, 0.25) is 0 Å². The highest BCUT2D eigenvalue weighted by Gasteiger charge is 2.14. The molecule has 0 bridgehead atoms. The molecule has 3 N–H and O–H groups in total. The van der Waals surface area contributed by atoms with Gasteiger partial charge in [0, 0.05) is 8.95 Å². The number of hydrogen-bond donors (Lipinski definition) is 2. The van der Waals surface area contributed by atoms with Crippen molar-refractivity contribution in [1.82, 2.24) is 5.43 Å². The van der Waals surface area contributed by atoms with Gasteiger partial charge < -0.3 is 0 Å². The Bertz CT molecular complexity index is 597. The summed E-state index contributed by atoms with van der Waals surface area (Å²) in [5.41, 5.74) is 5.95. The summed E-state index contributed by atoms with van der Waals surface area (Å²) in [5.74, 6) is 5.42. The molecule has 0 saturated heterocycles. The van der Waals surface area contributed by atoms with Crippen molar-refractivity contribution in [3.8, 4) is 0 Å². The summed E-state index contributed by atoms with van der Waals surface area (Å²) in [6.07, 6.45) is 0.615. The van der Waals surface area contributed by atoms with E-state index in [4.69, 9.17) is 5.84 Å². The molecular formula is C15H15Br2FN2. The minimum absolute atomic E-state index is 0.0683. The van der Waals surface area contributed by atoms with E-state index in [1.165, 1.54) is 12.1 Å². The fourth-order valence-corrected chi connectivity index (χ4v) is 3.10. The van der Waals surface area contributed by atoms with E-state index in [1.807, 2.05) is 31.2 Å². The average Bonchev–Trinajstić information content (AvgIpc) is 2.38. The van der Waals surface area contributed by atoms with Crippen molar-refractivity contribution in [3.05, 3.63) is 67.9 Å². The minimum atomic E-state index is -0.254. The lowest BCUT2D eigenvalue weighted by Crippen LogP contribution is -2.30. The molecule has 2 aromatic rings. The Hall–Kier alpha value is -0.750. The van der Waals surface area contributed by atoms with Crippen LogP contribution in [0.3, 0.4) is 0 Å². The van der Waals surface area contributed by atoms with Crippen molar-refractivity contribution in [2.75, 3.05) is 0 Å². The third-order valence-electron chi connectivity index (χ3n) is 3.18. The Morgan fingerprint density at radius 3 is 2.55 bits per heavy atom. The van der Waals surface area contributed by atoms with Crippen LogP contribution in [0.15, 0.2) is 45.3 Å². The highest BCUT2D eigenvalue weighted by molar-refractivity contribution is 9.10. The Labute approximate surface area is 134 Å². The quantitative estimate of drug-likeness (QED) is 0.588. The third-order valence-corrected chi connectivity index (χ3v) is 4.13. The Kier molecular flexibility index (Phi) is 5.32. The first-order valence-corrected chi connectivity index (χ1v) is 7.75. The lowest BCUT2D eigenvalue weighted by atomic mass is 9.96. The predicted molar refractivity (Wildman–Crippen MR) is 86.7 cm³/mol. The van der Waals surface area contributed by atoms with Gasteiger partial charge in [-0.1, -0.05) is 37.9 Å². The predicted octanol–water partition coefficient (Wildman–Crippen LogP) is 4.41. The number of halogens is 3. The zero-order chi connectivity index (χ0) is 14.7. The fourth-order valence-electron chi connectivity index (χ4n) is 2.21. The second-order valence-corrected chi connectivity index (χ2v) is 6.53. The molecule has 2 aromatic carbocycles. The first-order chi connectivity index (χ1) is 9.49. The zero-order valence-electron chi connectivity index (χ0n) is 11.0. The van der Waals surface area contributed by atoms with Crippen LogP contribution >= 0.6 is 31.9 Å². The van der Waals surface area contributed by atoms with Gasteiger partial charge in [0.2, 0.25) is 0 Å². The van der Waals surface area contributed by atoms with Gasteiger partial charge in [-0.05, 0) is 60.4 Å². The first kappa shape index (κ1) is 15.6. The molecule has 2 rings (SSSR count). The molecular weight excluding hydrogens is 387 g/mol. The van der Waals surface area contributed by atoms with E-state index in [-0.39, 0.29) is 11.9 Å². The van der Waals surface area contributed by atoms with Crippen molar-refractivity contribution in [1.29, 1.82) is 0 Å². The van der Waals surface area contributed by atoms with Crippen LogP contribution in [-0.2, 0) is 6.42 Å². The molecule has 0 aromatic heterocycles. The van der Waals surface area contributed by atoms with Crippen LogP contribution < -0.4 is 11.3 Å². The van der Waals surface area contributed by atoms with Gasteiger partial charge in [0.15, 0.2) is 0 Å². The molecule has 2 nitrogen and oxygen atoms in total. The molecule has 0 aliphatic heterocycles. The summed E-state index contributed by atoms with van der Waals surface area (Å²) in [5, 5.41) is 0. The van der Waals surface area contributed by atoms with Crippen molar-refractivity contribution >= 4 is 31.9 Å². The van der Waals surface area contributed by atoms with Crippen LogP contribution in [0.25, 0.3) is 0 Å². The molecule has 0 spiro atoms. The van der Waals surface area contributed by atoms with Crippen molar-refractivity contribution in [2.45, 2.75) is 19.4 Å². The van der Waals surface area contributed by atoms with Crippen LogP contribution in [-0.4, -0.2) is 0 Å². The van der Waals surface area contributed by atoms with E-state index in [9.17, 15) is 4.39 Å². The van der Waals surface area contributed by atoms with E-state index >= 15 is 0 Å². The van der Waals surface area contributed by atoms with Crippen LogP contribution in [0.4, 0.5) is 4.39 Å². The second kappa shape index (κ2) is 6.80. The van der Waals surface area contributed by atoms with Gasteiger partial charge in [0.1, 0.15) is 5.82 Å². The summed E-state index contributed by atoms with van der Waals surface area (Å²) < 4.78 is 15.2. The topological polar surface area (TPSA) is 38.0 Å². The highest BCUT2D eigenvalue weighted by Crippen LogP contribution is 2.26. The zero-order valence-corrected chi connectivity index (χ0v) is 14.1. The van der Waals surface area contributed by atoms with Gasteiger partial charge in [-0.2, -0.15) is 0 Å². The molecule has 0 heterocycles. The standard InChI is InChI=1S/C15H15Br2FN2/c1-9-2-3-11(16)8-14(9)15(20-19)6-10-4-12(17)7-13(18)5-10/h2-5,7-8,15,20H,6,19H2,1H3. The molecule has 0 radical (unpaired) electrons. The number of aryl methyl sites for hydroxylation is 1. The SMILES string of the molecule is Cc1ccc(Br)cc1C(Cc1cc(F)cc(Br)c1)NN. The normalized spacial score (nSPS) is 12.4. The fraction of sp³-hybridized carbons (Fsp3) is 0.200. The number of rotatable bonds is 4. The van der Waals surface area contributed by atoms with Crippen LogP contribution in [0.5, 0.6) is 0 Å². The number of nitrogens with two attached hydrogens (primary N) is 1. The molecule has 0 saturated carbocycles. The Morgan fingerprint density at radius 2 is 1.90 bits per heavy atom. The maximum atomic E-state index is 13.4. The van der Waals surface area contributed by atoms with Crippen molar-refractivity contribution in [3.63, 3.8) is 0 Å². The molecule has 5 heteroatoms. The number of hydrazine groups is 1. The van der Waals surface area contributed by atoms with Gasteiger partial charge in [0.25, 0.3) is 0 Å². The maximum absolute atomic E-state index is 13.4. The molecule has 1 unspecified atom stereocenters. The van der Waals surface area contributed by atoms with Gasteiger partial charge >= 0.3 is 0 Å². The first-order valence-electron chi connectivity index (χ1n) is 6.16.